The first kappa shape index (κ1) is 25.9. The zero-order valence-corrected chi connectivity index (χ0v) is 18.6. The number of rotatable bonds is 7. The number of carbonyl (C=O) groups is 4. The fourth-order valence-electron chi connectivity index (χ4n) is 3.07. The fraction of sp³-hybridized carbons (Fsp3) is 0.478. The molecule has 0 aliphatic carbocycles. The van der Waals surface area contributed by atoms with Crippen molar-refractivity contribution in [2.24, 2.45) is 5.92 Å². The second-order valence-electron chi connectivity index (χ2n) is 7.71. The van der Waals surface area contributed by atoms with Gasteiger partial charge in [0, 0.05) is 12.5 Å². The molecule has 0 bridgehead atoms. The van der Waals surface area contributed by atoms with Crippen molar-refractivity contribution < 1.29 is 33.8 Å². The van der Waals surface area contributed by atoms with Crippen LogP contribution in [0.15, 0.2) is 42.5 Å². The molecule has 1 heterocycles. The first-order chi connectivity index (χ1) is 15.9. The number of benzene rings is 1. The van der Waals surface area contributed by atoms with Gasteiger partial charge in [-0.1, -0.05) is 42.5 Å². The second-order valence-corrected chi connectivity index (χ2v) is 7.71. The quantitative estimate of drug-likeness (QED) is 0.347. The lowest BCUT2D eigenvalue weighted by atomic mass is 9.98. The Morgan fingerprint density at radius 3 is 2.67 bits per heavy atom. The Morgan fingerprint density at radius 1 is 1.21 bits per heavy atom. The monoisotopic (exact) mass is 461 g/mol. The average Bonchev–Trinajstić information content (AvgIpc) is 2.81. The maximum atomic E-state index is 12.4. The van der Waals surface area contributed by atoms with Crippen LogP contribution >= 0.6 is 0 Å². The number of hydrogen-bond donors (Lipinski definition) is 4. The van der Waals surface area contributed by atoms with E-state index in [-0.39, 0.29) is 57.4 Å². The van der Waals surface area contributed by atoms with Crippen molar-refractivity contribution in [3.63, 3.8) is 0 Å². The summed E-state index contributed by atoms with van der Waals surface area (Å²) in [5.74, 6) is -1.93. The zero-order valence-electron chi connectivity index (χ0n) is 18.6. The summed E-state index contributed by atoms with van der Waals surface area (Å²) in [4.78, 5) is 49.0. The van der Waals surface area contributed by atoms with E-state index in [1.165, 1.54) is 0 Å². The van der Waals surface area contributed by atoms with Crippen LogP contribution in [0.2, 0.25) is 0 Å². The predicted octanol–water partition coefficient (Wildman–Crippen LogP) is 0.794. The van der Waals surface area contributed by atoms with E-state index >= 15 is 0 Å². The highest BCUT2D eigenvalue weighted by atomic mass is 16.6. The van der Waals surface area contributed by atoms with Crippen LogP contribution in [0.5, 0.6) is 0 Å². The van der Waals surface area contributed by atoms with Gasteiger partial charge in [0.2, 0.25) is 11.8 Å². The summed E-state index contributed by atoms with van der Waals surface area (Å²) < 4.78 is 10.3. The molecule has 1 aromatic rings. The molecular weight excluding hydrogens is 430 g/mol. The van der Waals surface area contributed by atoms with Crippen LogP contribution in [0.25, 0.3) is 0 Å². The molecule has 1 aliphatic heterocycles. The van der Waals surface area contributed by atoms with E-state index in [4.69, 9.17) is 14.6 Å². The third kappa shape index (κ3) is 9.73. The lowest BCUT2D eigenvalue weighted by molar-refractivity contribution is -0.146. The topological polar surface area (TPSA) is 143 Å². The van der Waals surface area contributed by atoms with Crippen molar-refractivity contribution in [2.45, 2.75) is 44.9 Å². The minimum Gasteiger partial charge on any atom is -0.462 e. The third-order valence-electron chi connectivity index (χ3n) is 4.88. The van der Waals surface area contributed by atoms with Crippen LogP contribution in [0.4, 0.5) is 4.79 Å². The number of esters is 1. The molecular formula is C23H31N3O7. The predicted molar refractivity (Wildman–Crippen MR) is 119 cm³/mol. The number of ether oxygens (including phenoxy) is 2. The molecule has 10 heteroatoms. The summed E-state index contributed by atoms with van der Waals surface area (Å²) in [5, 5.41) is 16.8. The summed E-state index contributed by atoms with van der Waals surface area (Å²) >= 11 is 0. The third-order valence-corrected chi connectivity index (χ3v) is 4.88. The molecule has 0 fully saturated rings. The van der Waals surface area contributed by atoms with E-state index in [2.05, 4.69) is 16.0 Å². The van der Waals surface area contributed by atoms with Gasteiger partial charge in [0.15, 0.2) is 0 Å². The van der Waals surface area contributed by atoms with Crippen molar-refractivity contribution in [2.75, 3.05) is 19.8 Å². The normalized spacial score (nSPS) is 20.3. The summed E-state index contributed by atoms with van der Waals surface area (Å²) in [6.45, 7) is 1.52. The Morgan fingerprint density at radius 2 is 1.94 bits per heavy atom. The van der Waals surface area contributed by atoms with E-state index in [0.29, 0.717) is 0 Å². The smallest absolute Gasteiger partial charge is 0.408 e. The summed E-state index contributed by atoms with van der Waals surface area (Å²) in [5.41, 5.74) is 0.813. The van der Waals surface area contributed by atoms with Crippen LogP contribution in [0.3, 0.4) is 0 Å². The van der Waals surface area contributed by atoms with Crippen molar-refractivity contribution >= 4 is 23.9 Å². The van der Waals surface area contributed by atoms with Gasteiger partial charge in [0.25, 0.3) is 0 Å². The number of aliphatic hydroxyl groups is 1. The van der Waals surface area contributed by atoms with Gasteiger partial charge in [-0.05, 0) is 25.3 Å². The van der Waals surface area contributed by atoms with Gasteiger partial charge in [-0.2, -0.15) is 0 Å². The largest absolute Gasteiger partial charge is 0.462 e. The van der Waals surface area contributed by atoms with Crippen molar-refractivity contribution in [1.29, 1.82) is 0 Å². The Hall–Kier alpha value is -3.40. The molecule has 1 aliphatic rings. The van der Waals surface area contributed by atoms with Crippen LogP contribution in [0.1, 0.15) is 31.7 Å². The van der Waals surface area contributed by atoms with Gasteiger partial charge in [0.1, 0.15) is 19.3 Å². The number of nitrogens with one attached hydrogen (secondary N) is 3. The molecule has 180 valence electrons. The summed E-state index contributed by atoms with van der Waals surface area (Å²) in [7, 11) is 0. The van der Waals surface area contributed by atoms with Crippen LogP contribution in [-0.2, 0) is 30.5 Å². The highest BCUT2D eigenvalue weighted by molar-refractivity contribution is 5.86. The van der Waals surface area contributed by atoms with Crippen LogP contribution in [-0.4, -0.2) is 60.8 Å². The van der Waals surface area contributed by atoms with Gasteiger partial charge in [-0.3, -0.25) is 9.59 Å². The molecule has 0 spiro atoms. The van der Waals surface area contributed by atoms with E-state index in [9.17, 15) is 19.2 Å². The van der Waals surface area contributed by atoms with Crippen molar-refractivity contribution in [1.82, 2.24) is 16.0 Å². The molecule has 0 aromatic heterocycles. The maximum absolute atomic E-state index is 12.4. The highest BCUT2D eigenvalue weighted by Crippen LogP contribution is 2.12. The molecule has 3 atom stereocenters. The Kier molecular flexibility index (Phi) is 10.9. The molecule has 0 saturated carbocycles. The number of hydrogen-bond acceptors (Lipinski definition) is 7. The number of cyclic esters (lactones) is 1. The van der Waals surface area contributed by atoms with Crippen molar-refractivity contribution in [3.8, 4) is 0 Å². The molecule has 3 amide bonds. The molecule has 0 unspecified atom stereocenters. The van der Waals surface area contributed by atoms with E-state index in [1.54, 1.807) is 19.1 Å². The minimum atomic E-state index is -0.952. The van der Waals surface area contributed by atoms with Gasteiger partial charge >= 0.3 is 12.1 Å². The summed E-state index contributed by atoms with van der Waals surface area (Å²) in [6, 6.07) is 7.78. The molecule has 1 aromatic carbocycles. The first-order valence-electron chi connectivity index (χ1n) is 10.9. The van der Waals surface area contributed by atoms with E-state index < -0.39 is 30.1 Å². The second kappa shape index (κ2) is 13.9. The molecule has 2 rings (SSSR count). The van der Waals surface area contributed by atoms with E-state index in [0.717, 1.165) is 5.56 Å². The number of amides is 3. The molecule has 0 radical (unpaired) electrons. The molecule has 33 heavy (non-hydrogen) atoms. The Bertz CT molecular complexity index is 829. The highest BCUT2D eigenvalue weighted by Gasteiger charge is 2.25. The Balaban J connectivity index is 1.94. The molecule has 10 nitrogen and oxygen atoms in total. The number of allylic oxidation sites excluding steroid dienone is 1. The molecule has 0 saturated heterocycles. The maximum Gasteiger partial charge on any atom is 0.408 e. The zero-order chi connectivity index (χ0) is 24.1. The van der Waals surface area contributed by atoms with Crippen LogP contribution in [0, 0.1) is 5.92 Å². The van der Waals surface area contributed by atoms with Gasteiger partial charge in [0.05, 0.1) is 19.1 Å². The lowest BCUT2D eigenvalue weighted by Gasteiger charge is -2.19. The van der Waals surface area contributed by atoms with E-state index in [1.807, 2.05) is 30.3 Å². The SMILES string of the molecule is C[C@@H](CO)NC(=O)C[C@H]1CC=CC[C@@H](NC(=O)OCc2ccccc2)C(=O)OCCNC1=O. The lowest BCUT2D eigenvalue weighted by Crippen LogP contribution is -2.43. The number of carbonyl (C=O) groups excluding carboxylic acids is 4. The molecule has 4 N–H and O–H groups in total. The first-order valence-corrected chi connectivity index (χ1v) is 10.9. The summed E-state index contributed by atoms with van der Waals surface area (Å²) in [6.07, 6.45) is 2.95. The average molecular weight is 462 g/mol. The van der Waals surface area contributed by atoms with Crippen molar-refractivity contribution in [3.05, 3.63) is 48.0 Å². The standard InChI is InChI=1S/C23H31N3O7/c1-16(14-27)25-20(28)13-18-9-5-6-10-19(22(30)32-12-11-24-21(18)29)26-23(31)33-15-17-7-3-2-4-8-17/h2-8,16,18-19,27H,9-15H2,1H3,(H,24,29)(H,25,28)(H,26,31)/t16-,18+,19+/m0/s1. The van der Waals surface area contributed by atoms with Gasteiger partial charge in [-0.15, -0.1) is 0 Å². The fourth-order valence-corrected chi connectivity index (χ4v) is 3.07. The number of aliphatic hydroxyl groups excluding tert-OH is 1. The van der Waals surface area contributed by atoms with Crippen LogP contribution < -0.4 is 16.0 Å². The Labute approximate surface area is 192 Å². The van der Waals surface area contributed by atoms with Gasteiger partial charge in [-0.25, -0.2) is 9.59 Å². The number of alkyl carbamates (subject to hydrolysis) is 1. The van der Waals surface area contributed by atoms with Gasteiger partial charge < -0.3 is 30.5 Å². The minimum absolute atomic E-state index is 0.0478.